The summed E-state index contributed by atoms with van der Waals surface area (Å²) in [4.78, 5) is 2.49. The second kappa shape index (κ2) is 6.82. The number of hydrogen-bond acceptors (Lipinski definition) is 5. The SMILES string of the molecule is CCN1CCC2(CC1)Oc1c(OC)cccc1[C@@H]1CC(c3ccccc3)=NN12. The van der Waals surface area contributed by atoms with Gasteiger partial charge in [0, 0.05) is 37.9 Å². The Kier molecular flexibility index (Phi) is 4.27. The molecule has 0 radical (unpaired) electrons. The first kappa shape index (κ1) is 17.6. The lowest BCUT2D eigenvalue weighted by Gasteiger charge is -2.51. The van der Waals surface area contributed by atoms with Gasteiger partial charge in [-0.05, 0) is 18.2 Å². The Bertz CT molecular complexity index is 888. The van der Waals surface area contributed by atoms with Gasteiger partial charge in [-0.1, -0.05) is 49.4 Å². The zero-order valence-corrected chi connectivity index (χ0v) is 16.6. The molecule has 0 unspecified atom stereocenters. The van der Waals surface area contributed by atoms with E-state index in [1.165, 1.54) is 11.1 Å². The van der Waals surface area contributed by atoms with Crippen LogP contribution in [0.4, 0.5) is 0 Å². The van der Waals surface area contributed by atoms with Crippen LogP contribution in [-0.4, -0.2) is 48.1 Å². The lowest BCUT2D eigenvalue weighted by atomic mass is 9.90. The van der Waals surface area contributed by atoms with Crippen LogP contribution in [0.2, 0.25) is 0 Å². The molecular weight excluding hydrogens is 350 g/mol. The molecule has 1 atom stereocenters. The Labute approximate surface area is 166 Å². The van der Waals surface area contributed by atoms with Crippen molar-refractivity contribution in [1.82, 2.24) is 9.91 Å². The predicted octanol–water partition coefficient (Wildman–Crippen LogP) is 4.05. The molecule has 0 saturated carbocycles. The number of piperidine rings is 1. The molecule has 0 bridgehead atoms. The van der Waals surface area contributed by atoms with Crippen LogP contribution in [0, 0.1) is 0 Å². The summed E-state index contributed by atoms with van der Waals surface area (Å²) in [5, 5.41) is 7.40. The smallest absolute Gasteiger partial charge is 0.200 e. The first-order valence-electron chi connectivity index (χ1n) is 10.2. The minimum absolute atomic E-state index is 0.197. The Balaban J connectivity index is 1.58. The van der Waals surface area contributed by atoms with Crippen molar-refractivity contribution in [3.05, 3.63) is 59.7 Å². The third kappa shape index (κ3) is 2.68. The van der Waals surface area contributed by atoms with E-state index in [9.17, 15) is 0 Å². The van der Waals surface area contributed by atoms with Gasteiger partial charge in [-0.15, -0.1) is 0 Å². The van der Waals surface area contributed by atoms with Gasteiger partial charge in [-0.3, -0.25) is 0 Å². The van der Waals surface area contributed by atoms with E-state index in [-0.39, 0.29) is 6.04 Å². The summed E-state index contributed by atoms with van der Waals surface area (Å²) in [5.74, 6) is 1.73. The van der Waals surface area contributed by atoms with E-state index in [4.69, 9.17) is 14.6 Å². The van der Waals surface area contributed by atoms with Gasteiger partial charge in [0.05, 0.1) is 18.9 Å². The van der Waals surface area contributed by atoms with Crippen LogP contribution >= 0.6 is 0 Å². The number of para-hydroxylation sites is 1. The monoisotopic (exact) mass is 377 g/mol. The number of nitrogens with zero attached hydrogens (tertiary/aromatic N) is 3. The van der Waals surface area contributed by atoms with Crippen molar-refractivity contribution in [2.24, 2.45) is 5.10 Å². The van der Waals surface area contributed by atoms with E-state index in [2.05, 4.69) is 59.3 Å². The average molecular weight is 377 g/mol. The predicted molar refractivity (Wildman–Crippen MR) is 110 cm³/mol. The molecule has 0 aromatic heterocycles. The molecular formula is C23H27N3O2. The van der Waals surface area contributed by atoms with Crippen molar-refractivity contribution in [3.8, 4) is 11.5 Å². The van der Waals surface area contributed by atoms with Crippen LogP contribution in [-0.2, 0) is 0 Å². The summed E-state index contributed by atoms with van der Waals surface area (Å²) >= 11 is 0. The minimum atomic E-state index is -0.394. The molecule has 5 heteroatoms. The molecule has 146 valence electrons. The van der Waals surface area contributed by atoms with Crippen LogP contribution in [0.15, 0.2) is 53.6 Å². The molecule has 5 rings (SSSR count). The summed E-state index contributed by atoms with van der Waals surface area (Å²) in [6, 6.07) is 16.9. The molecule has 1 spiro atoms. The summed E-state index contributed by atoms with van der Waals surface area (Å²) in [6.45, 7) is 5.36. The number of benzene rings is 2. The molecule has 0 N–H and O–H groups in total. The number of fused-ring (bicyclic) bond motifs is 4. The molecule has 3 heterocycles. The van der Waals surface area contributed by atoms with Crippen molar-refractivity contribution in [2.45, 2.75) is 38.0 Å². The van der Waals surface area contributed by atoms with Crippen molar-refractivity contribution >= 4 is 5.71 Å². The van der Waals surface area contributed by atoms with Gasteiger partial charge in [0.25, 0.3) is 0 Å². The van der Waals surface area contributed by atoms with E-state index in [0.717, 1.165) is 56.1 Å². The van der Waals surface area contributed by atoms with Crippen LogP contribution in [0.1, 0.15) is 43.4 Å². The summed E-state index contributed by atoms with van der Waals surface area (Å²) < 4.78 is 12.4. The van der Waals surface area contributed by atoms with Crippen LogP contribution in [0.3, 0.4) is 0 Å². The fraction of sp³-hybridized carbons (Fsp3) is 0.435. The highest BCUT2D eigenvalue weighted by molar-refractivity contribution is 6.02. The van der Waals surface area contributed by atoms with Gasteiger partial charge in [-0.2, -0.15) is 5.10 Å². The Morgan fingerprint density at radius 2 is 1.89 bits per heavy atom. The van der Waals surface area contributed by atoms with Crippen molar-refractivity contribution in [1.29, 1.82) is 0 Å². The molecule has 0 aliphatic carbocycles. The third-order valence-electron chi connectivity index (χ3n) is 6.40. The molecule has 28 heavy (non-hydrogen) atoms. The topological polar surface area (TPSA) is 37.3 Å². The van der Waals surface area contributed by atoms with E-state index in [1.54, 1.807) is 7.11 Å². The van der Waals surface area contributed by atoms with Crippen LogP contribution in [0.25, 0.3) is 0 Å². The van der Waals surface area contributed by atoms with Gasteiger partial charge < -0.3 is 14.4 Å². The zero-order valence-electron chi connectivity index (χ0n) is 16.6. The second-order valence-electron chi connectivity index (χ2n) is 7.84. The standard InChI is InChI=1S/C23H27N3O2/c1-3-25-14-12-23(13-15-25)26-20(16-19(24-26)17-8-5-4-6-9-17)18-10-7-11-21(27-2)22(18)28-23/h4-11,20H,3,12-16H2,1-2H3/t20-/m0/s1. The van der Waals surface area contributed by atoms with Gasteiger partial charge in [0.15, 0.2) is 11.5 Å². The van der Waals surface area contributed by atoms with E-state index >= 15 is 0 Å². The molecule has 0 amide bonds. The molecule has 1 fully saturated rings. The average Bonchev–Trinajstić information content (AvgIpc) is 3.22. The van der Waals surface area contributed by atoms with E-state index in [0.29, 0.717) is 0 Å². The van der Waals surface area contributed by atoms with Gasteiger partial charge in [0.2, 0.25) is 5.72 Å². The van der Waals surface area contributed by atoms with Gasteiger partial charge >= 0.3 is 0 Å². The zero-order chi connectivity index (χ0) is 19.1. The number of methoxy groups -OCH3 is 1. The second-order valence-corrected chi connectivity index (χ2v) is 7.84. The first-order chi connectivity index (χ1) is 13.7. The van der Waals surface area contributed by atoms with Crippen LogP contribution in [0.5, 0.6) is 11.5 Å². The van der Waals surface area contributed by atoms with Gasteiger partial charge in [-0.25, -0.2) is 5.01 Å². The number of likely N-dealkylation sites (tertiary alicyclic amines) is 1. The Morgan fingerprint density at radius 3 is 2.61 bits per heavy atom. The number of hydrazone groups is 1. The highest BCUT2D eigenvalue weighted by atomic mass is 16.5. The molecule has 3 aliphatic rings. The quantitative estimate of drug-likeness (QED) is 0.809. The maximum absolute atomic E-state index is 6.74. The number of hydrogen-bond donors (Lipinski definition) is 0. The van der Waals surface area contributed by atoms with E-state index < -0.39 is 5.72 Å². The first-order valence-corrected chi connectivity index (χ1v) is 10.2. The van der Waals surface area contributed by atoms with Gasteiger partial charge in [0.1, 0.15) is 0 Å². The maximum atomic E-state index is 6.74. The summed E-state index contributed by atoms with van der Waals surface area (Å²) in [5.41, 5.74) is 3.12. The Hall–Kier alpha value is -2.53. The number of rotatable bonds is 3. The third-order valence-corrected chi connectivity index (χ3v) is 6.40. The Morgan fingerprint density at radius 1 is 1.11 bits per heavy atom. The van der Waals surface area contributed by atoms with Crippen molar-refractivity contribution in [3.63, 3.8) is 0 Å². The van der Waals surface area contributed by atoms with E-state index in [1.807, 2.05) is 6.07 Å². The molecule has 3 aliphatic heterocycles. The summed E-state index contributed by atoms with van der Waals surface area (Å²) in [6.07, 6.45) is 2.79. The molecule has 1 saturated heterocycles. The largest absolute Gasteiger partial charge is 0.493 e. The van der Waals surface area contributed by atoms with Crippen molar-refractivity contribution in [2.75, 3.05) is 26.7 Å². The fourth-order valence-electron chi connectivity index (χ4n) is 4.78. The van der Waals surface area contributed by atoms with Crippen molar-refractivity contribution < 1.29 is 9.47 Å². The number of ether oxygens (including phenoxy) is 2. The lowest BCUT2D eigenvalue weighted by molar-refractivity contribution is -0.150. The highest BCUT2D eigenvalue weighted by Crippen LogP contribution is 2.52. The normalized spacial score (nSPS) is 23.0. The van der Waals surface area contributed by atoms with Crippen LogP contribution < -0.4 is 9.47 Å². The highest BCUT2D eigenvalue weighted by Gasteiger charge is 2.52. The minimum Gasteiger partial charge on any atom is -0.493 e. The fourth-order valence-corrected chi connectivity index (χ4v) is 4.78. The molecule has 2 aromatic rings. The summed E-state index contributed by atoms with van der Waals surface area (Å²) in [7, 11) is 1.72. The maximum Gasteiger partial charge on any atom is 0.200 e. The molecule has 5 nitrogen and oxygen atoms in total. The molecule has 2 aromatic carbocycles. The lowest BCUT2D eigenvalue weighted by Crippen LogP contribution is -2.59.